The highest BCUT2D eigenvalue weighted by atomic mass is 14.1. The molecule has 0 heterocycles. The third-order valence-electron chi connectivity index (χ3n) is 1.91. The van der Waals surface area contributed by atoms with Crippen LogP contribution in [0.1, 0.15) is 17.5 Å². The molecule has 0 fully saturated rings. The summed E-state index contributed by atoms with van der Waals surface area (Å²) in [6, 6.07) is 9.45. The Balaban J connectivity index is 2.41. The average molecular weight is 129 g/mol. The molecule has 1 aliphatic carbocycles. The summed E-state index contributed by atoms with van der Waals surface area (Å²) < 4.78 is 0. The summed E-state index contributed by atoms with van der Waals surface area (Å²) in [6.45, 7) is 0. The van der Waals surface area contributed by atoms with E-state index in [1.54, 1.807) is 0 Å². The first-order chi connectivity index (χ1) is 4.97. The van der Waals surface area contributed by atoms with Crippen molar-refractivity contribution >= 4 is 0 Å². The zero-order valence-electron chi connectivity index (χ0n) is 5.85. The van der Waals surface area contributed by atoms with E-state index in [1.807, 2.05) is 12.1 Å². The van der Waals surface area contributed by atoms with Crippen molar-refractivity contribution in [2.45, 2.75) is 19.3 Å². The summed E-state index contributed by atoms with van der Waals surface area (Å²) >= 11 is 0. The number of aryl methyl sites for hydroxylation is 1. The predicted molar refractivity (Wildman–Crippen MR) is 40.5 cm³/mol. The van der Waals surface area contributed by atoms with Gasteiger partial charge in [0.15, 0.2) is 0 Å². The van der Waals surface area contributed by atoms with E-state index in [0.29, 0.717) is 0 Å². The van der Waals surface area contributed by atoms with Crippen LogP contribution in [0.25, 0.3) is 0 Å². The molecule has 2 rings (SSSR count). The summed E-state index contributed by atoms with van der Waals surface area (Å²) in [7, 11) is 0. The van der Waals surface area contributed by atoms with Crippen LogP contribution < -0.4 is 0 Å². The normalized spacial score (nSPS) is 16.4. The van der Waals surface area contributed by atoms with Gasteiger partial charge in [0.1, 0.15) is 0 Å². The van der Waals surface area contributed by atoms with Crippen LogP contribution in [-0.4, -0.2) is 0 Å². The van der Waals surface area contributed by atoms with Crippen LogP contribution in [-0.2, 0) is 12.8 Å². The van der Waals surface area contributed by atoms with E-state index in [9.17, 15) is 0 Å². The third kappa shape index (κ3) is 0.942. The highest BCUT2D eigenvalue weighted by molar-refractivity contribution is 5.29. The van der Waals surface area contributed by atoms with Gasteiger partial charge in [-0.3, -0.25) is 0 Å². The summed E-state index contributed by atoms with van der Waals surface area (Å²) in [4.78, 5) is 0. The van der Waals surface area contributed by atoms with E-state index in [-0.39, 0.29) is 0 Å². The Kier molecular flexibility index (Phi) is 1.46. The molecule has 0 unspecified atom stereocenters. The SMILES string of the molecule is [C]1CCc2[c]cccc2C1. The van der Waals surface area contributed by atoms with Crippen LogP contribution in [0.5, 0.6) is 0 Å². The quantitative estimate of drug-likeness (QED) is 0.503. The molecule has 0 amide bonds. The molecule has 10 heavy (non-hydrogen) atoms. The van der Waals surface area contributed by atoms with Crippen molar-refractivity contribution in [2.24, 2.45) is 0 Å². The molecule has 0 bridgehead atoms. The van der Waals surface area contributed by atoms with Gasteiger partial charge in [-0.05, 0) is 42.9 Å². The Hall–Kier alpha value is -0.780. The van der Waals surface area contributed by atoms with Crippen LogP contribution in [0.4, 0.5) is 0 Å². The van der Waals surface area contributed by atoms with E-state index < -0.39 is 0 Å². The van der Waals surface area contributed by atoms with Crippen molar-refractivity contribution in [3.8, 4) is 0 Å². The molecule has 1 aromatic carbocycles. The van der Waals surface area contributed by atoms with Crippen molar-refractivity contribution in [3.63, 3.8) is 0 Å². The topological polar surface area (TPSA) is 0 Å². The van der Waals surface area contributed by atoms with Crippen molar-refractivity contribution in [1.82, 2.24) is 0 Å². The highest BCUT2D eigenvalue weighted by Gasteiger charge is 2.06. The molecule has 0 atom stereocenters. The lowest BCUT2D eigenvalue weighted by Gasteiger charge is -2.12. The lowest BCUT2D eigenvalue weighted by Crippen LogP contribution is -2.01. The van der Waals surface area contributed by atoms with E-state index in [4.69, 9.17) is 0 Å². The standard InChI is InChI=1S/C10H9/c1-2-6-10-8-4-3-7-9(10)5-1/h1-2,6H,3,7-8H2. The second-order valence-corrected chi connectivity index (χ2v) is 2.60. The maximum atomic E-state index is 3.32. The van der Waals surface area contributed by atoms with Gasteiger partial charge in [0.05, 0.1) is 0 Å². The molecular formula is C10H9. The first-order valence-corrected chi connectivity index (χ1v) is 3.66. The smallest absolute Gasteiger partial charge is 0.0123 e. The van der Waals surface area contributed by atoms with Crippen molar-refractivity contribution in [2.75, 3.05) is 0 Å². The summed E-state index contributed by atoms with van der Waals surface area (Å²) in [5, 5.41) is 0. The number of hydrogen-bond donors (Lipinski definition) is 0. The zero-order valence-corrected chi connectivity index (χ0v) is 5.85. The molecule has 1 aromatic rings. The first kappa shape index (κ1) is 5.96. The van der Waals surface area contributed by atoms with Crippen LogP contribution in [0.2, 0.25) is 0 Å². The molecule has 1 aliphatic rings. The number of benzene rings is 1. The minimum Gasteiger partial charge on any atom is -0.0614 e. The second kappa shape index (κ2) is 2.45. The Morgan fingerprint density at radius 1 is 1.40 bits per heavy atom. The van der Waals surface area contributed by atoms with Gasteiger partial charge >= 0.3 is 0 Å². The summed E-state index contributed by atoms with van der Waals surface area (Å²) in [6.07, 6.45) is 6.58. The molecule has 0 saturated carbocycles. The summed E-state index contributed by atoms with van der Waals surface area (Å²) in [5.41, 5.74) is 2.80. The molecule has 0 spiro atoms. The van der Waals surface area contributed by atoms with Crippen molar-refractivity contribution in [1.29, 1.82) is 0 Å². The van der Waals surface area contributed by atoms with Gasteiger partial charge in [-0.15, -0.1) is 0 Å². The Morgan fingerprint density at radius 3 is 3.30 bits per heavy atom. The average Bonchev–Trinajstić information content (AvgIpc) is 2.05. The Bertz CT molecular complexity index is 200. The predicted octanol–water partition coefficient (Wildman–Crippen LogP) is 2.06. The van der Waals surface area contributed by atoms with Crippen LogP contribution in [0.3, 0.4) is 0 Å². The molecule has 49 valence electrons. The van der Waals surface area contributed by atoms with Gasteiger partial charge in [0.2, 0.25) is 0 Å². The fourth-order valence-corrected chi connectivity index (χ4v) is 1.34. The minimum absolute atomic E-state index is 1.02. The van der Waals surface area contributed by atoms with Crippen LogP contribution in [0.15, 0.2) is 18.2 Å². The molecule has 0 aromatic heterocycles. The molecule has 0 heteroatoms. The third-order valence-corrected chi connectivity index (χ3v) is 1.91. The Labute approximate surface area is 61.9 Å². The van der Waals surface area contributed by atoms with Crippen LogP contribution in [0, 0.1) is 12.5 Å². The lowest BCUT2D eigenvalue weighted by atomic mass is 9.92. The largest absolute Gasteiger partial charge is 0.0614 e. The maximum absolute atomic E-state index is 3.32. The van der Waals surface area contributed by atoms with Crippen molar-refractivity contribution < 1.29 is 0 Å². The Morgan fingerprint density at radius 2 is 2.40 bits per heavy atom. The van der Waals surface area contributed by atoms with Gasteiger partial charge in [-0.1, -0.05) is 18.2 Å². The highest BCUT2D eigenvalue weighted by Crippen LogP contribution is 2.18. The van der Waals surface area contributed by atoms with E-state index in [2.05, 4.69) is 18.6 Å². The molecule has 0 saturated heterocycles. The monoisotopic (exact) mass is 129 g/mol. The fourth-order valence-electron chi connectivity index (χ4n) is 1.34. The van der Waals surface area contributed by atoms with Gasteiger partial charge in [-0.2, -0.15) is 0 Å². The van der Waals surface area contributed by atoms with Gasteiger partial charge < -0.3 is 0 Å². The number of rotatable bonds is 0. The maximum Gasteiger partial charge on any atom is -0.0123 e. The molecule has 3 radical (unpaired) electrons. The first-order valence-electron chi connectivity index (χ1n) is 3.66. The molecule has 0 N–H and O–H groups in total. The number of hydrogen-bond acceptors (Lipinski definition) is 0. The minimum atomic E-state index is 1.02. The molecular weight excluding hydrogens is 120 g/mol. The van der Waals surface area contributed by atoms with E-state index >= 15 is 0 Å². The summed E-state index contributed by atoms with van der Waals surface area (Å²) in [5.74, 6) is 0. The van der Waals surface area contributed by atoms with Gasteiger partial charge in [0.25, 0.3) is 0 Å². The molecule has 0 nitrogen and oxygen atoms in total. The van der Waals surface area contributed by atoms with Gasteiger partial charge in [-0.25, -0.2) is 0 Å². The zero-order chi connectivity index (χ0) is 6.81. The fraction of sp³-hybridized carbons (Fsp3) is 0.300. The lowest BCUT2D eigenvalue weighted by molar-refractivity contribution is 0.828. The molecule has 0 aliphatic heterocycles. The van der Waals surface area contributed by atoms with Crippen LogP contribution >= 0.6 is 0 Å². The van der Waals surface area contributed by atoms with E-state index in [1.165, 1.54) is 11.1 Å². The van der Waals surface area contributed by atoms with Crippen molar-refractivity contribution in [3.05, 3.63) is 41.8 Å². The van der Waals surface area contributed by atoms with Gasteiger partial charge in [0, 0.05) is 0 Å². The number of fused-ring (bicyclic) bond motifs is 1. The second-order valence-electron chi connectivity index (χ2n) is 2.60. The van der Waals surface area contributed by atoms with E-state index in [0.717, 1.165) is 19.3 Å².